The van der Waals surface area contributed by atoms with Crippen molar-refractivity contribution in [3.63, 3.8) is 0 Å². The SMILES string of the molecule is CCCCOC(=O)c1ccc(NC(=O)c2cc(Cl)c(OCCCC)c(Cl)c2)cc1. The van der Waals surface area contributed by atoms with Crippen molar-refractivity contribution in [3.8, 4) is 5.75 Å². The van der Waals surface area contributed by atoms with Gasteiger partial charge in [-0.25, -0.2) is 4.79 Å². The number of hydrogen-bond acceptors (Lipinski definition) is 4. The smallest absolute Gasteiger partial charge is 0.338 e. The third-order valence-corrected chi connectivity index (χ3v) is 4.68. The van der Waals surface area contributed by atoms with Crippen LogP contribution in [0.5, 0.6) is 5.75 Å². The van der Waals surface area contributed by atoms with E-state index in [0.717, 1.165) is 25.7 Å². The van der Waals surface area contributed by atoms with Gasteiger partial charge in [-0.2, -0.15) is 0 Å². The molecule has 0 saturated carbocycles. The second-order valence-corrected chi connectivity index (χ2v) is 7.31. The molecule has 0 aliphatic heterocycles. The van der Waals surface area contributed by atoms with E-state index in [1.54, 1.807) is 24.3 Å². The van der Waals surface area contributed by atoms with Crippen LogP contribution in [0.25, 0.3) is 0 Å². The van der Waals surface area contributed by atoms with Crippen molar-refractivity contribution in [1.82, 2.24) is 0 Å². The van der Waals surface area contributed by atoms with Gasteiger partial charge in [-0.1, -0.05) is 49.9 Å². The van der Waals surface area contributed by atoms with Crippen LogP contribution < -0.4 is 10.1 Å². The Balaban J connectivity index is 2.01. The molecule has 29 heavy (non-hydrogen) atoms. The van der Waals surface area contributed by atoms with Crippen LogP contribution in [0.15, 0.2) is 36.4 Å². The zero-order valence-electron chi connectivity index (χ0n) is 16.6. The highest BCUT2D eigenvalue weighted by Crippen LogP contribution is 2.34. The number of halogens is 2. The minimum Gasteiger partial charge on any atom is -0.490 e. The predicted octanol–water partition coefficient (Wildman–Crippen LogP) is 6.38. The van der Waals surface area contributed by atoms with Gasteiger partial charge in [-0.15, -0.1) is 0 Å². The Morgan fingerprint density at radius 1 is 0.897 bits per heavy atom. The van der Waals surface area contributed by atoms with Crippen LogP contribution in [0, 0.1) is 0 Å². The molecule has 0 heterocycles. The van der Waals surface area contributed by atoms with Gasteiger partial charge < -0.3 is 14.8 Å². The molecule has 2 rings (SSSR count). The number of carbonyl (C=O) groups is 2. The molecule has 1 N–H and O–H groups in total. The van der Waals surface area contributed by atoms with Crippen molar-refractivity contribution in [3.05, 3.63) is 57.6 Å². The fraction of sp³-hybridized carbons (Fsp3) is 0.364. The van der Waals surface area contributed by atoms with E-state index < -0.39 is 0 Å². The number of unbranched alkanes of at least 4 members (excludes halogenated alkanes) is 2. The lowest BCUT2D eigenvalue weighted by Gasteiger charge is -2.12. The predicted molar refractivity (Wildman–Crippen MR) is 116 cm³/mol. The molecule has 7 heteroatoms. The summed E-state index contributed by atoms with van der Waals surface area (Å²) >= 11 is 12.5. The molecule has 156 valence electrons. The number of nitrogens with one attached hydrogen (secondary N) is 1. The summed E-state index contributed by atoms with van der Waals surface area (Å²) in [7, 11) is 0. The number of anilines is 1. The molecule has 0 saturated heterocycles. The first kappa shape index (κ1) is 23.0. The molecule has 0 spiro atoms. The quantitative estimate of drug-likeness (QED) is 0.345. The molecular formula is C22H25Cl2NO4. The molecule has 1 amide bonds. The number of esters is 1. The van der Waals surface area contributed by atoms with E-state index >= 15 is 0 Å². The first-order valence-electron chi connectivity index (χ1n) is 9.66. The second kappa shape index (κ2) is 11.7. The Morgan fingerprint density at radius 3 is 2.07 bits per heavy atom. The molecule has 2 aromatic rings. The van der Waals surface area contributed by atoms with E-state index in [0.29, 0.717) is 35.8 Å². The average molecular weight is 438 g/mol. The van der Waals surface area contributed by atoms with Gasteiger partial charge in [0.1, 0.15) is 0 Å². The molecule has 5 nitrogen and oxygen atoms in total. The van der Waals surface area contributed by atoms with Crippen molar-refractivity contribution in [2.75, 3.05) is 18.5 Å². The Bertz CT molecular complexity index is 814. The van der Waals surface area contributed by atoms with Crippen LogP contribution in [0.1, 0.15) is 60.2 Å². The molecule has 0 aliphatic rings. The van der Waals surface area contributed by atoms with Crippen molar-refractivity contribution in [1.29, 1.82) is 0 Å². The van der Waals surface area contributed by atoms with Crippen molar-refractivity contribution in [2.45, 2.75) is 39.5 Å². The van der Waals surface area contributed by atoms with Crippen LogP contribution in [0.4, 0.5) is 5.69 Å². The Labute approximate surface area is 181 Å². The van der Waals surface area contributed by atoms with Gasteiger partial charge in [0, 0.05) is 11.3 Å². The van der Waals surface area contributed by atoms with Crippen LogP contribution in [-0.2, 0) is 4.74 Å². The highest BCUT2D eigenvalue weighted by molar-refractivity contribution is 6.37. The maximum atomic E-state index is 12.5. The number of rotatable bonds is 10. The van der Waals surface area contributed by atoms with Gasteiger partial charge in [0.2, 0.25) is 0 Å². The zero-order valence-corrected chi connectivity index (χ0v) is 18.1. The summed E-state index contributed by atoms with van der Waals surface area (Å²) in [6.45, 7) is 4.99. The number of benzene rings is 2. The van der Waals surface area contributed by atoms with Gasteiger partial charge >= 0.3 is 5.97 Å². The zero-order chi connectivity index (χ0) is 21.2. The van der Waals surface area contributed by atoms with E-state index in [4.69, 9.17) is 32.7 Å². The summed E-state index contributed by atoms with van der Waals surface area (Å²) in [5.41, 5.74) is 1.28. The lowest BCUT2D eigenvalue weighted by atomic mass is 10.1. The fourth-order valence-electron chi connectivity index (χ4n) is 2.43. The van der Waals surface area contributed by atoms with Crippen LogP contribution in [-0.4, -0.2) is 25.1 Å². The maximum Gasteiger partial charge on any atom is 0.338 e. The summed E-state index contributed by atoms with van der Waals surface area (Å²) in [6.07, 6.45) is 3.66. The normalized spacial score (nSPS) is 10.5. The van der Waals surface area contributed by atoms with Gasteiger partial charge in [0.25, 0.3) is 5.91 Å². The summed E-state index contributed by atoms with van der Waals surface area (Å²) in [4.78, 5) is 24.4. The Morgan fingerprint density at radius 2 is 1.48 bits per heavy atom. The van der Waals surface area contributed by atoms with Crippen molar-refractivity contribution in [2.24, 2.45) is 0 Å². The maximum absolute atomic E-state index is 12.5. The van der Waals surface area contributed by atoms with E-state index in [9.17, 15) is 9.59 Å². The van der Waals surface area contributed by atoms with Crippen molar-refractivity contribution < 1.29 is 19.1 Å². The fourth-order valence-corrected chi connectivity index (χ4v) is 3.03. The number of amides is 1. The van der Waals surface area contributed by atoms with Crippen LogP contribution >= 0.6 is 23.2 Å². The summed E-state index contributed by atoms with van der Waals surface area (Å²) in [5, 5.41) is 3.32. The molecule has 0 bridgehead atoms. The second-order valence-electron chi connectivity index (χ2n) is 6.49. The monoisotopic (exact) mass is 437 g/mol. The summed E-state index contributed by atoms with van der Waals surface area (Å²) < 4.78 is 10.8. The van der Waals surface area contributed by atoms with Crippen molar-refractivity contribution >= 4 is 40.8 Å². The first-order chi connectivity index (χ1) is 14.0. The molecule has 2 aromatic carbocycles. The number of ether oxygens (including phenoxy) is 2. The summed E-state index contributed by atoms with van der Waals surface area (Å²) in [6, 6.07) is 9.52. The Hall–Kier alpha value is -2.24. The number of hydrogen-bond donors (Lipinski definition) is 1. The number of carbonyl (C=O) groups excluding carboxylic acids is 2. The standard InChI is InChI=1S/C22H25Cl2NO4/c1-3-5-11-28-20-18(23)13-16(14-19(20)24)21(26)25-17-9-7-15(8-10-17)22(27)29-12-6-4-2/h7-10,13-14H,3-6,11-12H2,1-2H3,(H,25,26). The van der Waals surface area contributed by atoms with Gasteiger partial charge in [0.05, 0.1) is 28.8 Å². The van der Waals surface area contributed by atoms with Crippen LogP contribution in [0.3, 0.4) is 0 Å². The van der Waals surface area contributed by atoms with E-state index in [1.165, 1.54) is 12.1 Å². The third-order valence-electron chi connectivity index (χ3n) is 4.11. The topological polar surface area (TPSA) is 64.6 Å². The Kier molecular flexibility index (Phi) is 9.29. The first-order valence-corrected chi connectivity index (χ1v) is 10.4. The van der Waals surface area contributed by atoms with E-state index in [2.05, 4.69) is 12.2 Å². The molecule has 0 radical (unpaired) electrons. The summed E-state index contributed by atoms with van der Waals surface area (Å²) in [5.74, 6) is -0.370. The minimum absolute atomic E-state index is 0.281. The highest BCUT2D eigenvalue weighted by Gasteiger charge is 2.15. The molecule has 0 fully saturated rings. The minimum atomic E-state index is -0.381. The molecule has 0 aromatic heterocycles. The highest BCUT2D eigenvalue weighted by atomic mass is 35.5. The lowest BCUT2D eigenvalue weighted by molar-refractivity contribution is 0.0499. The molecule has 0 unspecified atom stereocenters. The lowest BCUT2D eigenvalue weighted by Crippen LogP contribution is -2.13. The van der Waals surface area contributed by atoms with E-state index in [-0.39, 0.29) is 21.9 Å². The van der Waals surface area contributed by atoms with Gasteiger partial charge in [-0.05, 0) is 49.2 Å². The van der Waals surface area contributed by atoms with Crippen LogP contribution in [0.2, 0.25) is 10.0 Å². The molecule has 0 atom stereocenters. The third kappa shape index (κ3) is 6.94. The molecular weight excluding hydrogens is 413 g/mol. The molecule has 0 aliphatic carbocycles. The largest absolute Gasteiger partial charge is 0.490 e. The average Bonchev–Trinajstić information content (AvgIpc) is 2.70. The van der Waals surface area contributed by atoms with Gasteiger partial charge in [-0.3, -0.25) is 4.79 Å². The van der Waals surface area contributed by atoms with Gasteiger partial charge in [0.15, 0.2) is 5.75 Å². The van der Waals surface area contributed by atoms with E-state index in [1.807, 2.05) is 6.92 Å².